The summed E-state index contributed by atoms with van der Waals surface area (Å²) < 4.78 is 20.6. The van der Waals surface area contributed by atoms with Crippen LogP contribution in [0.5, 0.6) is 11.8 Å². The summed E-state index contributed by atoms with van der Waals surface area (Å²) in [6, 6.07) is 0. The van der Waals surface area contributed by atoms with Gasteiger partial charge in [-0.3, -0.25) is 0 Å². The van der Waals surface area contributed by atoms with Crippen LogP contribution in [0.4, 0.5) is 0 Å². The van der Waals surface area contributed by atoms with Gasteiger partial charge in [0.15, 0.2) is 0 Å². The van der Waals surface area contributed by atoms with Crippen molar-refractivity contribution in [3.05, 3.63) is 0 Å². The van der Waals surface area contributed by atoms with Gasteiger partial charge in [-0.25, -0.2) is 0 Å². The molecule has 1 aromatic heterocycles. The fraction of sp³-hybridized carbons (Fsp3) is 0.857. The van der Waals surface area contributed by atoms with Gasteiger partial charge in [-0.1, -0.05) is 6.42 Å². The normalized spacial score (nSPS) is 33.4. The second-order valence-electron chi connectivity index (χ2n) is 6.42. The predicted octanol–water partition coefficient (Wildman–Crippen LogP) is 3.43. The highest BCUT2D eigenvalue weighted by Crippen LogP contribution is 2.50. The van der Waals surface area contributed by atoms with Crippen LogP contribution in [0.25, 0.3) is 0 Å². The Labute approximate surface area is 117 Å². The highest BCUT2D eigenvalue weighted by Gasteiger charge is 2.47. The van der Waals surface area contributed by atoms with E-state index in [9.17, 15) is 0 Å². The number of hydrogen-bond donors (Lipinski definition) is 0. The molecule has 3 fully saturated rings. The van der Waals surface area contributed by atoms with Crippen molar-refractivity contribution in [2.75, 3.05) is 6.61 Å². The van der Waals surface area contributed by atoms with Crippen LogP contribution < -0.4 is 9.47 Å². The third-order valence-electron chi connectivity index (χ3n) is 5.10. The zero-order valence-electron chi connectivity index (χ0n) is 11.1. The first-order valence-corrected chi connectivity index (χ1v) is 8.20. The largest absolute Gasteiger partial charge is 0.473 e. The maximum Gasteiger partial charge on any atom is 0.291 e. The smallest absolute Gasteiger partial charge is 0.291 e. The van der Waals surface area contributed by atoms with Crippen molar-refractivity contribution >= 4 is 11.7 Å². The number of rotatable bonds is 5. The quantitative estimate of drug-likeness (QED) is 0.829. The molecule has 4 rings (SSSR count). The van der Waals surface area contributed by atoms with E-state index in [0.717, 1.165) is 18.4 Å². The number of ether oxygens (including phenoxy) is 2. The van der Waals surface area contributed by atoms with Crippen LogP contribution in [0, 0.1) is 11.8 Å². The molecule has 0 unspecified atom stereocenters. The molecule has 0 radical (unpaired) electrons. The van der Waals surface area contributed by atoms with Crippen LogP contribution in [0.3, 0.4) is 0 Å². The molecule has 0 amide bonds. The Morgan fingerprint density at radius 3 is 2.53 bits per heavy atom. The Morgan fingerprint density at radius 1 is 1.11 bits per heavy atom. The molecule has 0 N–H and O–H groups in total. The van der Waals surface area contributed by atoms with Crippen molar-refractivity contribution in [3.63, 3.8) is 0 Å². The zero-order valence-corrected chi connectivity index (χ0v) is 12.0. The molecule has 0 aliphatic heterocycles. The van der Waals surface area contributed by atoms with Crippen LogP contribution in [-0.2, 0) is 0 Å². The maximum atomic E-state index is 6.22. The van der Waals surface area contributed by atoms with E-state index >= 15 is 0 Å². The average Bonchev–Trinajstić information content (AvgIpc) is 3.04. The molecule has 3 aliphatic carbocycles. The summed E-state index contributed by atoms with van der Waals surface area (Å²) >= 11 is 1.20. The Hall–Kier alpha value is -0.840. The molecule has 0 aromatic carbocycles. The lowest BCUT2D eigenvalue weighted by atomic mass is 9.86. The van der Waals surface area contributed by atoms with Gasteiger partial charge >= 0.3 is 0 Å². The zero-order chi connectivity index (χ0) is 12.7. The molecular formula is C14H20N2O2S. The molecule has 104 valence electrons. The first-order valence-electron chi connectivity index (χ1n) is 7.47. The van der Waals surface area contributed by atoms with E-state index in [0.29, 0.717) is 11.8 Å². The highest BCUT2D eigenvalue weighted by molar-refractivity contribution is 6.99. The molecular weight excluding hydrogens is 260 g/mol. The lowest BCUT2D eigenvalue weighted by Gasteiger charge is -2.27. The summed E-state index contributed by atoms with van der Waals surface area (Å²) in [5.74, 6) is 2.87. The van der Waals surface area contributed by atoms with E-state index in [4.69, 9.17) is 9.47 Å². The topological polar surface area (TPSA) is 44.2 Å². The molecule has 0 spiro atoms. The molecule has 2 bridgehead atoms. The fourth-order valence-electron chi connectivity index (χ4n) is 3.67. The third-order valence-corrected chi connectivity index (χ3v) is 5.60. The van der Waals surface area contributed by atoms with E-state index in [-0.39, 0.29) is 5.60 Å². The van der Waals surface area contributed by atoms with Gasteiger partial charge in [0.05, 0.1) is 18.3 Å². The summed E-state index contributed by atoms with van der Waals surface area (Å²) in [7, 11) is 0. The molecule has 0 atom stereocenters. The van der Waals surface area contributed by atoms with E-state index in [1.165, 1.54) is 63.1 Å². The number of aromatic nitrogens is 2. The van der Waals surface area contributed by atoms with Gasteiger partial charge in [-0.15, -0.1) is 8.75 Å². The van der Waals surface area contributed by atoms with E-state index in [1.807, 2.05) is 0 Å². The Balaban J connectivity index is 1.41. The van der Waals surface area contributed by atoms with Gasteiger partial charge in [0.2, 0.25) is 0 Å². The Kier molecular flexibility index (Phi) is 2.90. The first kappa shape index (κ1) is 11.9. The van der Waals surface area contributed by atoms with Crippen molar-refractivity contribution in [2.24, 2.45) is 11.8 Å². The van der Waals surface area contributed by atoms with Crippen LogP contribution >= 0.6 is 11.7 Å². The fourth-order valence-corrected chi connectivity index (χ4v) is 4.10. The van der Waals surface area contributed by atoms with Crippen LogP contribution in [0.15, 0.2) is 0 Å². The van der Waals surface area contributed by atoms with Gasteiger partial charge in [-0.2, -0.15) is 0 Å². The van der Waals surface area contributed by atoms with Crippen LogP contribution in [0.2, 0.25) is 0 Å². The molecule has 5 heteroatoms. The van der Waals surface area contributed by atoms with E-state index in [1.54, 1.807) is 0 Å². The molecule has 3 saturated carbocycles. The van der Waals surface area contributed by atoms with Crippen molar-refractivity contribution in [1.82, 2.24) is 8.75 Å². The van der Waals surface area contributed by atoms with Crippen molar-refractivity contribution in [1.29, 1.82) is 0 Å². The van der Waals surface area contributed by atoms with Gasteiger partial charge in [0, 0.05) is 0 Å². The molecule has 0 saturated heterocycles. The second-order valence-corrected chi connectivity index (χ2v) is 6.94. The average molecular weight is 280 g/mol. The minimum Gasteiger partial charge on any atom is -0.473 e. The van der Waals surface area contributed by atoms with Gasteiger partial charge in [0.25, 0.3) is 11.8 Å². The van der Waals surface area contributed by atoms with E-state index in [2.05, 4.69) is 8.75 Å². The standard InChI is InChI=1S/C14H20N2O2S/c1-2-11(3-1)9-17-12-13(16-19-15-12)18-14-6-4-10(8-14)5-7-14/h10-11H,1-9H2. The minimum absolute atomic E-state index is 0.0506. The van der Waals surface area contributed by atoms with Crippen molar-refractivity contribution < 1.29 is 9.47 Å². The number of fused-ring (bicyclic) bond motifs is 2. The SMILES string of the molecule is C1CC(COc2nsnc2OC23CCC(CC2)C3)C1. The van der Waals surface area contributed by atoms with Gasteiger partial charge in [0.1, 0.15) is 5.60 Å². The van der Waals surface area contributed by atoms with Crippen molar-refractivity contribution in [3.8, 4) is 11.8 Å². The van der Waals surface area contributed by atoms with Gasteiger partial charge < -0.3 is 9.47 Å². The summed E-state index contributed by atoms with van der Waals surface area (Å²) in [6.07, 6.45) is 10.1. The van der Waals surface area contributed by atoms with Gasteiger partial charge in [-0.05, 0) is 56.8 Å². The molecule has 4 nitrogen and oxygen atoms in total. The summed E-state index contributed by atoms with van der Waals surface area (Å²) in [4.78, 5) is 0. The molecule has 1 heterocycles. The predicted molar refractivity (Wildman–Crippen MR) is 72.7 cm³/mol. The van der Waals surface area contributed by atoms with Crippen LogP contribution in [-0.4, -0.2) is 21.0 Å². The third kappa shape index (κ3) is 2.22. The summed E-state index contributed by atoms with van der Waals surface area (Å²) in [5, 5.41) is 0. The lowest BCUT2D eigenvalue weighted by molar-refractivity contribution is 0.0681. The summed E-state index contributed by atoms with van der Waals surface area (Å²) in [5.41, 5.74) is 0.0506. The molecule has 1 aromatic rings. The Morgan fingerprint density at radius 2 is 1.89 bits per heavy atom. The molecule has 19 heavy (non-hydrogen) atoms. The highest BCUT2D eigenvalue weighted by atomic mass is 32.1. The maximum absolute atomic E-state index is 6.22. The second kappa shape index (κ2) is 4.62. The van der Waals surface area contributed by atoms with E-state index < -0.39 is 0 Å². The lowest BCUT2D eigenvalue weighted by Crippen LogP contribution is -2.30. The minimum atomic E-state index is 0.0506. The molecule has 3 aliphatic rings. The van der Waals surface area contributed by atoms with Crippen molar-refractivity contribution in [2.45, 2.75) is 57.0 Å². The first-order chi connectivity index (χ1) is 9.33. The summed E-state index contributed by atoms with van der Waals surface area (Å²) in [6.45, 7) is 0.775. The monoisotopic (exact) mass is 280 g/mol. The Bertz CT molecular complexity index is 450. The van der Waals surface area contributed by atoms with Crippen LogP contribution in [0.1, 0.15) is 51.4 Å². The number of nitrogens with zero attached hydrogens (tertiary/aromatic N) is 2. The number of hydrogen-bond acceptors (Lipinski definition) is 5.